The Morgan fingerprint density at radius 2 is 2.00 bits per heavy atom. The summed E-state index contributed by atoms with van der Waals surface area (Å²) < 4.78 is 8.74. The SMILES string of the molecule is CCNC(=O)OCOC(C)=O. The zero-order valence-corrected chi connectivity index (χ0v) is 6.55. The summed E-state index contributed by atoms with van der Waals surface area (Å²) in [4.78, 5) is 20.6. The molecule has 0 saturated carbocycles. The Kier molecular flexibility index (Phi) is 4.89. The molecule has 0 fully saturated rings. The van der Waals surface area contributed by atoms with Gasteiger partial charge in [-0.25, -0.2) is 4.79 Å². The number of rotatable bonds is 3. The highest BCUT2D eigenvalue weighted by molar-refractivity contribution is 5.68. The smallest absolute Gasteiger partial charge is 0.410 e. The number of alkyl carbamates (subject to hydrolysis) is 1. The largest absolute Gasteiger partial charge is 0.428 e. The summed E-state index contributed by atoms with van der Waals surface area (Å²) in [6, 6.07) is 0. The van der Waals surface area contributed by atoms with Crippen molar-refractivity contribution < 1.29 is 19.1 Å². The van der Waals surface area contributed by atoms with Crippen LogP contribution in [0.3, 0.4) is 0 Å². The van der Waals surface area contributed by atoms with Crippen LogP contribution in [0.4, 0.5) is 4.79 Å². The Morgan fingerprint density at radius 3 is 2.45 bits per heavy atom. The zero-order valence-electron chi connectivity index (χ0n) is 6.55. The number of carbonyl (C=O) groups is 2. The summed E-state index contributed by atoms with van der Waals surface area (Å²) in [6.45, 7) is 3.15. The molecule has 11 heavy (non-hydrogen) atoms. The minimum atomic E-state index is -0.589. The molecule has 1 amide bonds. The second kappa shape index (κ2) is 5.52. The topological polar surface area (TPSA) is 64.6 Å². The predicted molar refractivity (Wildman–Crippen MR) is 36.8 cm³/mol. The molecule has 5 heteroatoms. The van der Waals surface area contributed by atoms with Gasteiger partial charge in [-0.3, -0.25) is 4.79 Å². The first kappa shape index (κ1) is 9.74. The molecule has 0 bridgehead atoms. The molecule has 0 heterocycles. The van der Waals surface area contributed by atoms with E-state index in [2.05, 4.69) is 14.8 Å². The van der Waals surface area contributed by atoms with Gasteiger partial charge in [-0.15, -0.1) is 0 Å². The van der Waals surface area contributed by atoms with Crippen molar-refractivity contribution in [2.75, 3.05) is 13.3 Å². The average Bonchev–Trinajstić information content (AvgIpc) is 1.87. The van der Waals surface area contributed by atoms with Gasteiger partial charge in [0.15, 0.2) is 0 Å². The first-order chi connectivity index (χ1) is 5.16. The van der Waals surface area contributed by atoms with Crippen LogP contribution in [0.15, 0.2) is 0 Å². The molecular weight excluding hydrogens is 150 g/mol. The summed E-state index contributed by atoms with van der Waals surface area (Å²) in [5.74, 6) is -0.478. The molecule has 0 aliphatic heterocycles. The molecule has 0 aromatic carbocycles. The van der Waals surface area contributed by atoms with Crippen molar-refractivity contribution in [3.05, 3.63) is 0 Å². The van der Waals surface area contributed by atoms with E-state index < -0.39 is 12.1 Å². The minimum Gasteiger partial charge on any atom is -0.428 e. The van der Waals surface area contributed by atoms with E-state index in [9.17, 15) is 9.59 Å². The summed E-state index contributed by atoms with van der Waals surface area (Å²) in [5.41, 5.74) is 0. The maximum atomic E-state index is 10.5. The molecule has 0 unspecified atom stereocenters. The van der Waals surface area contributed by atoms with Crippen molar-refractivity contribution in [1.29, 1.82) is 0 Å². The minimum absolute atomic E-state index is 0.332. The summed E-state index contributed by atoms with van der Waals surface area (Å²) in [6.07, 6.45) is -0.589. The van der Waals surface area contributed by atoms with Crippen molar-refractivity contribution >= 4 is 12.1 Å². The molecule has 0 aromatic heterocycles. The van der Waals surface area contributed by atoms with Crippen LogP contribution in [0.2, 0.25) is 0 Å². The van der Waals surface area contributed by atoms with Gasteiger partial charge in [0.1, 0.15) is 0 Å². The van der Waals surface area contributed by atoms with Gasteiger partial charge in [0.25, 0.3) is 0 Å². The van der Waals surface area contributed by atoms with Crippen LogP contribution in [0, 0.1) is 0 Å². The fraction of sp³-hybridized carbons (Fsp3) is 0.667. The van der Waals surface area contributed by atoms with Crippen LogP contribution in [0.5, 0.6) is 0 Å². The maximum Gasteiger partial charge on any atom is 0.410 e. The standard InChI is InChI=1S/C6H11NO4/c1-3-7-6(9)11-4-10-5(2)8/h3-4H2,1-2H3,(H,7,9). The first-order valence-electron chi connectivity index (χ1n) is 3.20. The third kappa shape index (κ3) is 6.63. The molecule has 0 saturated heterocycles. The number of esters is 1. The fourth-order valence-electron chi connectivity index (χ4n) is 0.361. The highest BCUT2D eigenvalue weighted by atomic mass is 16.7. The van der Waals surface area contributed by atoms with Gasteiger partial charge in [0.2, 0.25) is 6.79 Å². The van der Waals surface area contributed by atoms with Crippen molar-refractivity contribution in [1.82, 2.24) is 5.32 Å². The molecule has 64 valence electrons. The number of hydrogen-bond acceptors (Lipinski definition) is 4. The van der Waals surface area contributed by atoms with Crippen LogP contribution in [0.1, 0.15) is 13.8 Å². The average molecular weight is 161 g/mol. The van der Waals surface area contributed by atoms with E-state index in [1.807, 2.05) is 0 Å². The second-order valence-corrected chi connectivity index (χ2v) is 1.72. The number of ether oxygens (including phenoxy) is 2. The van der Waals surface area contributed by atoms with Gasteiger partial charge in [-0.2, -0.15) is 0 Å². The van der Waals surface area contributed by atoms with E-state index in [0.717, 1.165) is 0 Å². The van der Waals surface area contributed by atoms with Crippen LogP contribution < -0.4 is 5.32 Å². The highest BCUT2D eigenvalue weighted by Gasteiger charge is 1.98. The lowest BCUT2D eigenvalue weighted by Crippen LogP contribution is -2.25. The van der Waals surface area contributed by atoms with Crippen LogP contribution >= 0.6 is 0 Å². The molecule has 1 N–H and O–H groups in total. The van der Waals surface area contributed by atoms with Crippen LogP contribution in [-0.2, 0) is 14.3 Å². The Bertz CT molecular complexity index is 146. The summed E-state index contributed by atoms with van der Waals surface area (Å²) in [7, 11) is 0. The number of hydrogen-bond donors (Lipinski definition) is 1. The summed E-state index contributed by atoms with van der Waals surface area (Å²) >= 11 is 0. The fourth-order valence-corrected chi connectivity index (χ4v) is 0.361. The summed E-state index contributed by atoms with van der Waals surface area (Å²) in [5, 5.41) is 2.37. The molecule has 0 radical (unpaired) electrons. The van der Waals surface area contributed by atoms with Gasteiger partial charge < -0.3 is 14.8 Å². The van der Waals surface area contributed by atoms with Gasteiger partial charge in [0, 0.05) is 13.5 Å². The molecule has 0 aliphatic rings. The van der Waals surface area contributed by atoms with E-state index in [-0.39, 0.29) is 6.79 Å². The predicted octanol–water partition coefficient (Wildman–Crippen LogP) is 0.253. The molecular formula is C6H11NO4. The van der Waals surface area contributed by atoms with Gasteiger partial charge in [-0.05, 0) is 6.92 Å². The normalized spacial score (nSPS) is 8.55. The molecule has 0 aliphatic carbocycles. The van der Waals surface area contributed by atoms with E-state index >= 15 is 0 Å². The monoisotopic (exact) mass is 161 g/mol. The third-order valence-electron chi connectivity index (χ3n) is 0.773. The Labute approximate surface area is 64.7 Å². The molecule has 0 atom stereocenters. The number of carbonyl (C=O) groups excluding carboxylic acids is 2. The van der Waals surface area contributed by atoms with E-state index in [4.69, 9.17) is 0 Å². The third-order valence-corrected chi connectivity index (χ3v) is 0.773. The van der Waals surface area contributed by atoms with E-state index in [1.165, 1.54) is 6.92 Å². The van der Waals surface area contributed by atoms with Crippen molar-refractivity contribution in [2.45, 2.75) is 13.8 Å². The van der Waals surface area contributed by atoms with Crippen molar-refractivity contribution in [3.8, 4) is 0 Å². The first-order valence-corrected chi connectivity index (χ1v) is 3.20. The Hall–Kier alpha value is -1.26. The molecule has 0 rings (SSSR count). The Balaban J connectivity index is 3.24. The van der Waals surface area contributed by atoms with Gasteiger partial charge >= 0.3 is 12.1 Å². The molecule has 0 spiro atoms. The van der Waals surface area contributed by atoms with Crippen LogP contribution in [-0.4, -0.2) is 25.4 Å². The molecule has 0 aromatic rings. The second-order valence-electron chi connectivity index (χ2n) is 1.72. The Morgan fingerprint density at radius 1 is 1.36 bits per heavy atom. The quantitative estimate of drug-likeness (QED) is 0.476. The lowest BCUT2D eigenvalue weighted by molar-refractivity contribution is -0.149. The number of nitrogens with one attached hydrogen (secondary N) is 1. The van der Waals surface area contributed by atoms with Crippen LogP contribution in [0.25, 0.3) is 0 Å². The van der Waals surface area contributed by atoms with E-state index in [0.29, 0.717) is 6.54 Å². The van der Waals surface area contributed by atoms with Crippen molar-refractivity contribution in [2.24, 2.45) is 0 Å². The van der Waals surface area contributed by atoms with Gasteiger partial charge in [0.05, 0.1) is 0 Å². The van der Waals surface area contributed by atoms with Crippen molar-refractivity contribution in [3.63, 3.8) is 0 Å². The number of amides is 1. The zero-order chi connectivity index (χ0) is 8.69. The van der Waals surface area contributed by atoms with E-state index in [1.54, 1.807) is 6.92 Å². The lowest BCUT2D eigenvalue weighted by Gasteiger charge is -2.03. The highest BCUT2D eigenvalue weighted by Crippen LogP contribution is 1.80. The molecule has 5 nitrogen and oxygen atoms in total. The maximum absolute atomic E-state index is 10.5. The lowest BCUT2D eigenvalue weighted by atomic mass is 10.8. The van der Waals surface area contributed by atoms with Gasteiger partial charge in [-0.1, -0.05) is 0 Å².